The third kappa shape index (κ3) is 7.45. The number of benzene rings is 3. The lowest BCUT2D eigenvalue weighted by atomic mass is 9.90. The van der Waals surface area contributed by atoms with E-state index in [1.165, 1.54) is 7.11 Å². The highest BCUT2D eigenvalue weighted by Crippen LogP contribution is 2.46. The molecule has 0 fully saturated rings. The minimum atomic E-state index is -0.241. The van der Waals surface area contributed by atoms with Crippen molar-refractivity contribution in [1.82, 2.24) is 0 Å². The van der Waals surface area contributed by atoms with Gasteiger partial charge in [0.25, 0.3) is 0 Å². The van der Waals surface area contributed by atoms with Crippen LogP contribution in [-0.2, 0) is 29.0 Å². The Morgan fingerprint density at radius 2 is 1.81 bits per heavy atom. The molecule has 3 aromatic carbocycles. The van der Waals surface area contributed by atoms with E-state index in [9.17, 15) is 4.79 Å². The number of carbonyl (C=O) groups is 1. The zero-order chi connectivity index (χ0) is 30.2. The average Bonchev–Trinajstić information content (AvgIpc) is 3.40. The first-order valence-corrected chi connectivity index (χ1v) is 17.0. The summed E-state index contributed by atoms with van der Waals surface area (Å²) >= 11 is 13.9. The van der Waals surface area contributed by atoms with Gasteiger partial charge in [-0.3, -0.25) is 4.79 Å². The summed E-state index contributed by atoms with van der Waals surface area (Å²) in [6, 6.07) is 14.1. The smallest absolute Gasteiger partial charge is 0.306 e. The number of halogens is 2. The lowest BCUT2D eigenvalue weighted by Crippen LogP contribution is -2.09. The topological polar surface area (TPSA) is 54.0 Å². The van der Waals surface area contributed by atoms with Crippen LogP contribution in [0, 0.1) is 0 Å². The number of carbonyl (C=O) groups excluding carboxylic acids is 1. The van der Waals surface area contributed by atoms with Gasteiger partial charge >= 0.3 is 5.97 Å². The molecule has 4 rings (SSSR count). The van der Waals surface area contributed by atoms with E-state index in [-0.39, 0.29) is 11.9 Å². The summed E-state index contributed by atoms with van der Waals surface area (Å²) in [6.45, 7) is 7.76. The summed E-state index contributed by atoms with van der Waals surface area (Å²) in [7, 11) is 1.69. The van der Waals surface area contributed by atoms with Crippen molar-refractivity contribution in [2.75, 3.05) is 32.3 Å². The first-order valence-electron chi connectivity index (χ1n) is 14.4. The molecular weight excluding hydrogens is 591 g/mol. The van der Waals surface area contributed by atoms with Crippen molar-refractivity contribution in [2.24, 2.45) is 0 Å². The van der Waals surface area contributed by atoms with Crippen LogP contribution in [0.1, 0.15) is 61.8 Å². The number of fused-ring (bicyclic) bond motifs is 1. The fraction of sp³-hybridized carbons (Fsp3) is 0.412. The zero-order valence-electron chi connectivity index (χ0n) is 25.1. The molecule has 0 saturated heterocycles. The van der Waals surface area contributed by atoms with E-state index in [0.29, 0.717) is 58.3 Å². The predicted octanol–water partition coefficient (Wildman–Crippen LogP) is 8.89. The fourth-order valence-electron chi connectivity index (χ4n) is 5.27. The van der Waals surface area contributed by atoms with Crippen molar-refractivity contribution in [3.05, 3.63) is 74.8 Å². The second-order valence-electron chi connectivity index (χ2n) is 10.3. The summed E-state index contributed by atoms with van der Waals surface area (Å²) in [5.74, 6) is 2.91. The van der Waals surface area contributed by atoms with Gasteiger partial charge in [0, 0.05) is 17.5 Å². The van der Waals surface area contributed by atoms with E-state index in [1.54, 1.807) is 0 Å². The predicted molar refractivity (Wildman–Crippen MR) is 177 cm³/mol. The van der Waals surface area contributed by atoms with Crippen LogP contribution < -0.4 is 14.2 Å². The van der Waals surface area contributed by atoms with Crippen molar-refractivity contribution in [2.45, 2.75) is 59.0 Å². The van der Waals surface area contributed by atoms with E-state index < -0.39 is 0 Å². The minimum Gasteiger partial charge on any atom is -0.492 e. The van der Waals surface area contributed by atoms with Crippen molar-refractivity contribution < 1.29 is 23.7 Å². The third-order valence-corrected chi connectivity index (χ3v) is 10.2. The first-order chi connectivity index (χ1) is 20.3. The molecule has 0 amide bonds. The molecule has 0 spiro atoms. The summed E-state index contributed by atoms with van der Waals surface area (Å²) in [4.78, 5) is 11.7. The van der Waals surface area contributed by atoms with E-state index in [0.717, 1.165) is 64.1 Å². The van der Waals surface area contributed by atoms with E-state index in [1.807, 2.05) is 30.3 Å². The Hall–Kier alpha value is -2.67. The second-order valence-corrected chi connectivity index (χ2v) is 13.3. The molecule has 226 valence electrons. The summed E-state index contributed by atoms with van der Waals surface area (Å²) < 4.78 is 23.0. The lowest BCUT2D eigenvalue weighted by molar-refractivity contribution is -0.141. The van der Waals surface area contributed by atoms with E-state index in [2.05, 4.69) is 44.5 Å². The van der Waals surface area contributed by atoms with Crippen molar-refractivity contribution in [3.8, 4) is 28.4 Å². The molecule has 42 heavy (non-hydrogen) atoms. The maximum Gasteiger partial charge on any atom is 0.306 e. The molecule has 0 aliphatic carbocycles. The Labute approximate surface area is 262 Å². The molecule has 1 aliphatic rings. The van der Waals surface area contributed by atoms with Crippen molar-refractivity contribution in [3.63, 3.8) is 0 Å². The molecule has 1 aliphatic heterocycles. The van der Waals surface area contributed by atoms with Crippen molar-refractivity contribution >= 4 is 45.0 Å². The molecular formula is C34H40Cl2O5S. The quantitative estimate of drug-likeness (QED) is 0.107. The van der Waals surface area contributed by atoms with Gasteiger partial charge in [-0.05, 0) is 78.1 Å². The maximum absolute atomic E-state index is 11.7. The molecule has 2 atom stereocenters. The van der Waals surface area contributed by atoms with Gasteiger partial charge in [0.1, 0.15) is 18.1 Å². The fourth-order valence-corrected chi connectivity index (χ4v) is 6.89. The lowest BCUT2D eigenvalue weighted by Gasteiger charge is -2.22. The van der Waals surface area contributed by atoms with Crippen LogP contribution in [0.3, 0.4) is 0 Å². The van der Waals surface area contributed by atoms with Crippen LogP contribution in [0.2, 0.25) is 10.0 Å². The molecule has 8 heteroatoms. The van der Waals surface area contributed by atoms with E-state index >= 15 is 0 Å². The zero-order valence-corrected chi connectivity index (χ0v) is 27.4. The van der Waals surface area contributed by atoms with Gasteiger partial charge in [0.05, 0.1) is 36.8 Å². The number of methoxy groups -OCH3 is 1. The SMILES string of the molecule is C/C=S(\C)CCCOc1c(Cl)c(CC)c(-c2cccc(COc3ccc4c(c3)OCC4CC(=O)OC)c2)c(CC)c1Cl. The first kappa shape index (κ1) is 32.2. The minimum absolute atomic E-state index is 0.00196. The highest BCUT2D eigenvalue weighted by atomic mass is 35.5. The van der Waals surface area contributed by atoms with Crippen LogP contribution in [-0.4, -0.2) is 43.7 Å². The van der Waals surface area contributed by atoms with Crippen LogP contribution in [0.5, 0.6) is 17.2 Å². The van der Waals surface area contributed by atoms with Gasteiger partial charge < -0.3 is 18.9 Å². The molecule has 5 nitrogen and oxygen atoms in total. The van der Waals surface area contributed by atoms with E-state index in [4.69, 9.17) is 42.1 Å². The Kier molecular flexibility index (Phi) is 11.7. The van der Waals surface area contributed by atoms with Crippen LogP contribution in [0.4, 0.5) is 0 Å². The Morgan fingerprint density at radius 1 is 1.07 bits per heavy atom. The number of rotatable bonds is 13. The monoisotopic (exact) mass is 630 g/mol. The Bertz CT molecular complexity index is 1420. The van der Waals surface area contributed by atoms with Gasteiger partial charge in [-0.15, -0.1) is 0 Å². The van der Waals surface area contributed by atoms with Crippen molar-refractivity contribution in [1.29, 1.82) is 0 Å². The summed E-state index contributed by atoms with van der Waals surface area (Å²) in [5, 5.41) is 3.43. The molecule has 0 bridgehead atoms. The highest BCUT2D eigenvalue weighted by molar-refractivity contribution is 8.14. The van der Waals surface area contributed by atoms with Gasteiger partial charge in [0.15, 0.2) is 5.75 Å². The van der Waals surface area contributed by atoms with Gasteiger partial charge in [-0.25, -0.2) is 0 Å². The largest absolute Gasteiger partial charge is 0.492 e. The number of hydrogen-bond acceptors (Lipinski definition) is 5. The van der Waals surface area contributed by atoms with Gasteiger partial charge in [-0.1, -0.05) is 66.7 Å². The summed E-state index contributed by atoms with van der Waals surface area (Å²) in [6.07, 6.45) is 5.00. The van der Waals surface area contributed by atoms with Crippen LogP contribution in [0.25, 0.3) is 11.1 Å². The summed E-state index contributed by atoms with van der Waals surface area (Å²) in [5.41, 5.74) is 6.24. The number of esters is 1. The molecule has 0 radical (unpaired) electrons. The number of ether oxygens (including phenoxy) is 4. The second kappa shape index (κ2) is 15.2. The van der Waals surface area contributed by atoms with Crippen LogP contribution >= 0.6 is 33.7 Å². The molecule has 2 unspecified atom stereocenters. The molecule has 0 saturated carbocycles. The normalized spacial score (nSPS) is 14.8. The molecule has 1 heterocycles. The third-order valence-electron chi connectivity index (χ3n) is 7.63. The molecule has 0 N–H and O–H groups in total. The van der Waals surface area contributed by atoms with Gasteiger partial charge in [-0.2, -0.15) is 10.5 Å². The molecule has 0 aromatic heterocycles. The molecule has 3 aromatic rings. The Balaban J connectivity index is 1.53. The van der Waals surface area contributed by atoms with Crippen LogP contribution in [0.15, 0.2) is 42.5 Å². The standard InChI is InChI=1S/C34H40Cl2O5S/c1-6-26-31(27(7-2)33(36)34(32(26)35)39-15-10-16-42(5)8-3)23-12-9-11-22(17-23)20-40-25-13-14-28-24(18-30(37)38-4)21-41-29(28)19-25/h8-9,11-14,17,19,24H,6-7,10,15-16,18,20-21H2,1-5H3. The number of hydrogen-bond donors (Lipinski definition) is 0. The maximum atomic E-state index is 11.7. The highest BCUT2D eigenvalue weighted by Gasteiger charge is 2.27. The van der Waals surface area contributed by atoms with Gasteiger partial charge in [0.2, 0.25) is 0 Å². The average molecular weight is 632 g/mol. The Morgan fingerprint density at radius 3 is 2.48 bits per heavy atom.